The van der Waals surface area contributed by atoms with E-state index in [1.807, 2.05) is 12.1 Å². The van der Waals surface area contributed by atoms with E-state index in [0.717, 1.165) is 11.5 Å². The monoisotopic (exact) mass is 511 g/mol. The molecule has 0 aliphatic heterocycles. The molecule has 3 rings (SSSR count). The summed E-state index contributed by atoms with van der Waals surface area (Å²) in [6.45, 7) is 3.42. The van der Waals surface area contributed by atoms with Gasteiger partial charge in [-0.1, -0.05) is 46.6 Å². The van der Waals surface area contributed by atoms with Gasteiger partial charge < -0.3 is 15.2 Å². The summed E-state index contributed by atoms with van der Waals surface area (Å²) in [6, 6.07) is 15.7. The minimum absolute atomic E-state index is 0. The minimum Gasteiger partial charge on any atom is -0.356 e. The normalized spacial score (nSPS) is 11.0. The fourth-order valence-corrected chi connectivity index (χ4v) is 2.60. The number of nitrogens with one attached hydrogen (secondary N) is 2. The van der Waals surface area contributed by atoms with Crippen LogP contribution in [0.2, 0.25) is 5.02 Å². The van der Waals surface area contributed by atoms with Crippen molar-refractivity contribution in [3.05, 3.63) is 70.6 Å². The second-order valence-corrected chi connectivity index (χ2v) is 6.54. The van der Waals surface area contributed by atoms with E-state index < -0.39 is 0 Å². The first kappa shape index (κ1) is 22.2. The van der Waals surface area contributed by atoms with Crippen molar-refractivity contribution in [3.63, 3.8) is 0 Å². The molecule has 0 aliphatic rings. The Bertz CT molecular complexity index is 894. The first-order chi connectivity index (χ1) is 13.1. The highest BCUT2D eigenvalue weighted by atomic mass is 127. The number of aryl methyl sites for hydroxylation is 1. The first-order valence-corrected chi connectivity index (χ1v) is 9.10. The summed E-state index contributed by atoms with van der Waals surface area (Å²) in [5.74, 6) is 1.86. The molecular formula is C20H23ClIN5O. The van der Waals surface area contributed by atoms with Crippen LogP contribution in [0.3, 0.4) is 0 Å². The van der Waals surface area contributed by atoms with Crippen molar-refractivity contribution in [2.75, 3.05) is 13.6 Å². The molecule has 0 spiro atoms. The third kappa shape index (κ3) is 6.49. The van der Waals surface area contributed by atoms with Gasteiger partial charge in [0.1, 0.15) is 0 Å². The maximum Gasteiger partial charge on any atom is 0.228 e. The van der Waals surface area contributed by atoms with E-state index in [1.165, 1.54) is 11.1 Å². The summed E-state index contributed by atoms with van der Waals surface area (Å²) in [6.07, 6.45) is 0.603. The summed E-state index contributed by atoms with van der Waals surface area (Å²) in [5.41, 5.74) is 3.32. The fraction of sp³-hybridized carbons (Fsp3) is 0.250. The number of benzene rings is 2. The summed E-state index contributed by atoms with van der Waals surface area (Å²) in [7, 11) is 1.75. The maximum absolute atomic E-state index is 5.90. The van der Waals surface area contributed by atoms with Crippen molar-refractivity contribution in [1.82, 2.24) is 20.8 Å². The SMILES string of the molecule is CN=C(NCCc1nc(-c2ccc(Cl)cc2)no1)NCc1ccc(C)cc1.I. The van der Waals surface area contributed by atoms with Gasteiger partial charge in [0, 0.05) is 37.1 Å². The standard InChI is InChI=1S/C20H22ClN5O.HI/c1-14-3-5-15(6-4-14)13-24-20(22-2)23-12-11-18-25-19(26-27-18)16-7-9-17(21)10-8-16;/h3-10H,11-13H2,1-2H3,(H2,22,23,24);1H. The quantitative estimate of drug-likeness (QED) is 0.294. The Morgan fingerprint density at radius 3 is 2.46 bits per heavy atom. The molecule has 8 heteroatoms. The molecule has 0 aliphatic carbocycles. The zero-order chi connectivity index (χ0) is 19.1. The smallest absolute Gasteiger partial charge is 0.228 e. The highest BCUT2D eigenvalue weighted by molar-refractivity contribution is 14.0. The zero-order valence-electron chi connectivity index (χ0n) is 15.8. The topological polar surface area (TPSA) is 75.3 Å². The molecule has 0 saturated heterocycles. The van der Waals surface area contributed by atoms with Crippen LogP contribution in [0.5, 0.6) is 0 Å². The Kier molecular flexibility index (Phi) is 8.72. The largest absolute Gasteiger partial charge is 0.356 e. The van der Waals surface area contributed by atoms with Gasteiger partial charge in [0.2, 0.25) is 11.7 Å². The number of hydrogen-bond donors (Lipinski definition) is 2. The second-order valence-electron chi connectivity index (χ2n) is 6.11. The van der Waals surface area contributed by atoms with Gasteiger partial charge in [-0.05, 0) is 36.8 Å². The van der Waals surface area contributed by atoms with Gasteiger partial charge in [0.15, 0.2) is 5.96 Å². The number of guanidine groups is 1. The molecular weight excluding hydrogens is 489 g/mol. The lowest BCUT2D eigenvalue weighted by Crippen LogP contribution is -2.37. The molecule has 0 unspecified atom stereocenters. The molecule has 148 valence electrons. The highest BCUT2D eigenvalue weighted by Crippen LogP contribution is 2.18. The van der Waals surface area contributed by atoms with Crippen molar-refractivity contribution in [1.29, 1.82) is 0 Å². The van der Waals surface area contributed by atoms with E-state index in [0.29, 0.717) is 36.2 Å². The molecule has 0 amide bonds. The van der Waals surface area contributed by atoms with Crippen LogP contribution in [-0.4, -0.2) is 29.7 Å². The van der Waals surface area contributed by atoms with E-state index in [9.17, 15) is 0 Å². The number of hydrogen-bond acceptors (Lipinski definition) is 4. The van der Waals surface area contributed by atoms with E-state index in [2.05, 4.69) is 57.0 Å². The van der Waals surface area contributed by atoms with Gasteiger partial charge in [-0.3, -0.25) is 4.99 Å². The summed E-state index contributed by atoms with van der Waals surface area (Å²) in [5, 5.41) is 11.2. The Morgan fingerprint density at radius 2 is 1.79 bits per heavy atom. The number of aromatic nitrogens is 2. The lowest BCUT2D eigenvalue weighted by atomic mass is 10.1. The zero-order valence-corrected chi connectivity index (χ0v) is 18.9. The summed E-state index contributed by atoms with van der Waals surface area (Å²) < 4.78 is 5.31. The molecule has 2 N–H and O–H groups in total. The third-order valence-electron chi connectivity index (χ3n) is 4.01. The van der Waals surface area contributed by atoms with Crippen LogP contribution in [0.25, 0.3) is 11.4 Å². The number of nitrogens with zero attached hydrogens (tertiary/aromatic N) is 3. The van der Waals surface area contributed by atoms with E-state index in [1.54, 1.807) is 19.2 Å². The Morgan fingerprint density at radius 1 is 1.07 bits per heavy atom. The van der Waals surface area contributed by atoms with Crippen molar-refractivity contribution in [2.24, 2.45) is 4.99 Å². The Balaban J connectivity index is 0.00000280. The number of aliphatic imine (C=N–C) groups is 1. The molecule has 0 bridgehead atoms. The van der Waals surface area contributed by atoms with Gasteiger partial charge >= 0.3 is 0 Å². The Hall–Kier alpha value is -2.13. The molecule has 0 atom stereocenters. The van der Waals surface area contributed by atoms with Crippen LogP contribution in [0.1, 0.15) is 17.0 Å². The van der Waals surface area contributed by atoms with Crippen molar-refractivity contribution in [2.45, 2.75) is 19.9 Å². The summed E-state index contributed by atoms with van der Waals surface area (Å²) >= 11 is 5.90. The Labute approximate surface area is 186 Å². The lowest BCUT2D eigenvalue weighted by Gasteiger charge is -2.11. The molecule has 0 fully saturated rings. The van der Waals surface area contributed by atoms with Crippen LogP contribution in [-0.2, 0) is 13.0 Å². The molecule has 0 saturated carbocycles. The lowest BCUT2D eigenvalue weighted by molar-refractivity contribution is 0.378. The van der Waals surface area contributed by atoms with Crippen LogP contribution in [0, 0.1) is 6.92 Å². The third-order valence-corrected chi connectivity index (χ3v) is 4.26. The molecule has 6 nitrogen and oxygen atoms in total. The predicted molar refractivity (Wildman–Crippen MR) is 123 cm³/mol. The number of rotatable bonds is 6. The fourth-order valence-electron chi connectivity index (χ4n) is 2.47. The molecule has 2 aromatic carbocycles. The van der Waals surface area contributed by atoms with E-state index in [-0.39, 0.29) is 24.0 Å². The molecule has 1 heterocycles. The van der Waals surface area contributed by atoms with Gasteiger partial charge in [0.25, 0.3) is 0 Å². The molecule has 1 aromatic heterocycles. The second kappa shape index (κ2) is 11.0. The van der Waals surface area contributed by atoms with Crippen molar-refractivity contribution < 1.29 is 4.52 Å². The maximum atomic E-state index is 5.90. The van der Waals surface area contributed by atoms with E-state index >= 15 is 0 Å². The van der Waals surface area contributed by atoms with Crippen LogP contribution in [0.4, 0.5) is 0 Å². The average molecular weight is 512 g/mol. The summed E-state index contributed by atoms with van der Waals surface area (Å²) in [4.78, 5) is 8.64. The molecule has 0 radical (unpaired) electrons. The van der Waals surface area contributed by atoms with Gasteiger partial charge in [-0.25, -0.2) is 0 Å². The van der Waals surface area contributed by atoms with Crippen molar-refractivity contribution in [3.8, 4) is 11.4 Å². The average Bonchev–Trinajstić information content (AvgIpc) is 3.15. The first-order valence-electron chi connectivity index (χ1n) is 8.72. The highest BCUT2D eigenvalue weighted by Gasteiger charge is 2.08. The van der Waals surface area contributed by atoms with Crippen LogP contribution < -0.4 is 10.6 Å². The van der Waals surface area contributed by atoms with Crippen molar-refractivity contribution >= 4 is 41.5 Å². The van der Waals surface area contributed by atoms with Gasteiger partial charge in [0.05, 0.1) is 0 Å². The minimum atomic E-state index is 0. The van der Waals surface area contributed by atoms with E-state index in [4.69, 9.17) is 16.1 Å². The van der Waals surface area contributed by atoms with Crippen LogP contribution >= 0.6 is 35.6 Å². The van der Waals surface area contributed by atoms with Gasteiger partial charge in [-0.15, -0.1) is 24.0 Å². The van der Waals surface area contributed by atoms with Crippen LogP contribution in [0.15, 0.2) is 58.0 Å². The predicted octanol–water partition coefficient (Wildman–Crippen LogP) is 4.22. The van der Waals surface area contributed by atoms with Gasteiger partial charge in [-0.2, -0.15) is 4.98 Å². The molecule has 28 heavy (non-hydrogen) atoms. The molecule has 3 aromatic rings. The number of halogens is 2.